The van der Waals surface area contributed by atoms with E-state index in [0.29, 0.717) is 11.8 Å². The quantitative estimate of drug-likeness (QED) is 0.496. The standard InChI is InChI=1S/C29H36N6O2/c1-21(23-12-10-22(11-13-23)20-34-18-16-33(4)17-19-34)31-27-30-15-14-25(32-27)35-26(24-8-6-5-7-9-24)29(2,3)37-28(35)36/h5-15,21,26H,16-20H2,1-4H3,(H,30,31,32)/t21-,26+/m0/s1. The SMILES string of the molecule is C[C@H](Nc1nccc(N2C(=O)OC(C)(C)[C@H]2c2ccccc2)n1)c1ccc(CN2CCN(C)CC2)cc1. The van der Waals surface area contributed by atoms with Crippen molar-refractivity contribution in [1.82, 2.24) is 19.8 Å². The maximum atomic E-state index is 12.9. The second-order valence-corrected chi connectivity index (χ2v) is 10.6. The van der Waals surface area contributed by atoms with Gasteiger partial charge in [-0.2, -0.15) is 4.98 Å². The first-order chi connectivity index (χ1) is 17.8. The number of carbonyl (C=O) groups is 1. The summed E-state index contributed by atoms with van der Waals surface area (Å²) >= 11 is 0. The van der Waals surface area contributed by atoms with Crippen molar-refractivity contribution in [1.29, 1.82) is 0 Å². The average molecular weight is 501 g/mol. The van der Waals surface area contributed by atoms with Crippen LogP contribution in [0.4, 0.5) is 16.6 Å². The van der Waals surface area contributed by atoms with Gasteiger partial charge >= 0.3 is 6.09 Å². The molecule has 0 aliphatic carbocycles. The molecule has 2 aromatic carbocycles. The lowest BCUT2D eigenvalue weighted by Crippen LogP contribution is -2.43. The molecular weight excluding hydrogens is 464 g/mol. The number of hydrogen-bond acceptors (Lipinski definition) is 7. The second kappa shape index (κ2) is 10.5. The molecule has 194 valence electrons. The highest BCUT2D eigenvalue weighted by Crippen LogP contribution is 2.43. The van der Waals surface area contributed by atoms with Gasteiger partial charge in [0.2, 0.25) is 5.95 Å². The molecule has 3 aromatic rings. The van der Waals surface area contributed by atoms with E-state index in [1.807, 2.05) is 44.2 Å². The van der Waals surface area contributed by atoms with Crippen LogP contribution in [0.15, 0.2) is 66.9 Å². The molecule has 3 heterocycles. The normalized spacial score (nSPS) is 21.0. The fourth-order valence-corrected chi connectivity index (χ4v) is 5.16. The molecule has 5 rings (SSSR count). The highest BCUT2D eigenvalue weighted by atomic mass is 16.6. The molecule has 0 bridgehead atoms. The highest BCUT2D eigenvalue weighted by Gasteiger charge is 2.49. The number of cyclic esters (lactones) is 1. The molecule has 0 unspecified atom stereocenters. The van der Waals surface area contributed by atoms with Crippen molar-refractivity contribution in [3.8, 4) is 0 Å². The highest BCUT2D eigenvalue weighted by molar-refractivity contribution is 5.90. The predicted octanol–water partition coefficient (Wildman–Crippen LogP) is 4.87. The Morgan fingerprint density at radius 1 is 1.03 bits per heavy atom. The molecule has 1 aromatic heterocycles. The lowest BCUT2D eigenvalue weighted by molar-refractivity contribution is 0.0685. The molecule has 1 amide bonds. The third-order valence-corrected chi connectivity index (χ3v) is 7.29. The zero-order chi connectivity index (χ0) is 26.0. The Morgan fingerprint density at radius 2 is 1.73 bits per heavy atom. The molecule has 2 fully saturated rings. The van der Waals surface area contributed by atoms with Gasteiger partial charge in [0.05, 0.1) is 6.04 Å². The van der Waals surface area contributed by atoms with Crippen molar-refractivity contribution in [2.24, 2.45) is 0 Å². The molecule has 2 saturated heterocycles. The van der Waals surface area contributed by atoms with Crippen LogP contribution in [0.5, 0.6) is 0 Å². The summed E-state index contributed by atoms with van der Waals surface area (Å²) in [7, 11) is 2.18. The number of nitrogens with zero attached hydrogens (tertiary/aromatic N) is 5. The molecule has 8 nitrogen and oxygen atoms in total. The van der Waals surface area contributed by atoms with E-state index in [9.17, 15) is 4.79 Å². The van der Waals surface area contributed by atoms with Crippen molar-refractivity contribution in [2.75, 3.05) is 43.4 Å². The summed E-state index contributed by atoms with van der Waals surface area (Å²) in [6, 6.07) is 20.1. The van der Waals surface area contributed by atoms with Gasteiger partial charge < -0.3 is 15.0 Å². The predicted molar refractivity (Wildman–Crippen MR) is 146 cm³/mol. The van der Waals surface area contributed by atoms with Crippen LogP contribution in [0.2, 0.25) is 0 Å². The number of amides is 1. The van der Waals surface area contributed by atoms with Crippen LogP contribution in [-0.4, -0.2) is 64.7 Å². The van der Waals surface area contributed by atoms with Gasteiger partial charge in [-0.3, -0.25) is 4.90 Å². The smallest absolute Gasteiger partial charge is 0.416 e. The van der Waals surface area contributed by atoms with Crippen LogP contribution in [0, 0.1) is 0 Å². The van der Waals surface area contributed by atoms with E-state index in [1.165, 1.54) is 5.56 Å². The largest absolute Gasteiger partial charge is 0.440 e. The molecule has 0 saturated carbocycles. The van der Waals surface area contributed by atoms with E-state index in [2.05, 4.69) is 58.3 Å². The van der Waals surface area contributed by atoms with Crippen LogP contribution >= 0.6 is 0 Å². The van der Waals surface area contributed by atoms with E-state index in [1.54, 1.807) is 17.2 Å². The lowest BCUT2D eigenvalue weighted by Gasteiger charge is -2.32. The van der Waals surface area contributed by atoms with Crippen molar-refractivity contribution in [3.63, 3.8) is 0 Å². The lowest BCUT2D eigenvalue weighted by atomic mass is 9.91. The second-order valence-electron chi connectivity index (χ2n) is 10.6. The van der Waals surface area contributed by atoms with Crippen LogP contribution in [0.1, 0.15) is 49.5 Å². The first kappa shape index (κ1) is 25.2. The number of carbonyl (C=O) groups excluding carboxylic acids is 1. The van der Waals surface area contributed by atoms with Gasteiger partial charge in [0.1, 0.15) is 17.5 Å². The topological polar surface area (TPSA) is 73.8 Å². The molecule has 2 atom stereocenters. The molecular formula is C29H36N6O2. The molecule has 8 heteroatoms. The number of anilines is 2. The first-order valence-corrected chi connectivity index (χ1v) is 13.0. The summed E-state index contributed by atoms with van der Waals surface area (Å²) in [5.41, 5.74) is 2.77. The van der Waals surface area contributed by atoms with Gasteiger partial charge in [-0.1, -0.05) is 54.6 Å². The van der Waals surface area contributed by atoms with Gasteiger partial charge in [0, 0.05) is 38.9 Å². The maximum Gasteiger partial charge on any atom is 0.416 e. The van der Waals surface area contributed by atoms with Crippen LogP contribution < -0.4 is 10.2 Å². The fraction of sp³-hybridized carbons (Fsp3) is 0.414. The average Bonchev–Trinajstić information content (AvgIpc) is 3.14. The molecule has 37 heavy (non-hydrogen) atoms. The van der Waals surface area contributed by atoms with Crippen molar-refractivity contribution < 1.29 is 9.53 Å². The number of ether oxygens (including phenoxy) is 1. The monoisotopic (exact) mass is 500 g/mol. The van der Waals surface area contributed by atoms with Crippen molar-refractivity contribution in [2.45, 2.75) is 45.0 Å². The molecule has 0 radical (unpaired) electrons. The first-order valence-electron chi connectivity index (χ1n) is 13.0. The van der Waals surface area contributed by atoms with Crippen LogP contribution in [0.25, 0.3) is 0 Å². The van der Waals surface area contributed by atoms with Gasteiger partial charge in [0.15, 0.2) is 0 Å². The summed E-state index contributed by atoms with van der Waals surface area (Å²) in [6.07, 6.45) is 1.27. The summed E-state index contributed by atoms with van der Waals surface area (Å²) in [5.74, 6) is 0.979. The Morgan fingerprint density at radius 3 is 2.43 bits per heavy atom. The zero-order valence-electron chi connectivity index (χ0n) is 22.1. The van der Waals surface area contributed by atoms with E-state index < -0.39 is 11.7 Å². The van der Waals surface area contributed by atoms with Gasteiger partial charge in [-0.15, -0.1) is 0 Å². The van der Waals surface area contributed by atoms with E-state index in [4.69, 9.17) is 9.72 Å². The summed E-state index contributed by atoms with van der Waals surface area (Å²) in [6.45, 7) is 11.4. The molecule has 1 N–H and O–H groups in total. The summed E-state index contributed by atoms with van der Waals surface area (Å²) in [4.78, 5) is 28.6. The summed E-state index contributed by atoms with van der Waals surface area (Å²) < 4.78 is 5.74. The Balaban J connectivity index is 1.29. The van der Waals surface area contributed by atoms with Gasteiger partial charge in [0.25, 0.3) is 0 Å². The number of nitrogens with one attached hydrogen (secondary N) is 1. The third-order valence-electron chi connectivity index (χ3n) is 7.29. The van der Waals surface area contributed by atoms with E-state index >= 15 is 0 Å². The molecule has 2 aliphatic rings. The number of piperazine rings is 1. The Kier molecular flexibility index (Phi) is 7.13. The Hall–Kier alpha value is -3.49. The molecule has 2 aliphatic heterocycles. The number of rotatable bonds is 7. The minimum atomic E-state index is -0.698. The van der Waals surface area contributed by atoms with Crippen molar-refractivity contribution >= 4 is 17.9 Å². The maximum absolute atomic E-state index is 12.9. The zero-order valence-corrected chi connectivity index (χ0v) is 22.1. The number of likely N-dealkylation sites (N-methyl/N-ethyl adjacent to an activating group) is 1. The van der Waals surface area contributed by atoms with E-state index in [0.717, 1.165) is 43.9 Å². The van der Waals surface area contributed by atoms with Crippen molar-refractivity contribution in [3.05, 3.63) is 83.6 Å². The molecule has 0 spiro atoms. The fourth-order valence-electron chi connectivity index (χ4n) is 5.16. The summed E-state index contributed by atoms with van der Waals surface area (Å²) in [5, 5.41) is 3.40. The number of benzene rings is 2. The minimum absolute atomic E-state index is 0.000160. The third kappa shape index (κ3) is 5.60. The van der Waals surface area contributed by atoms with Crippen LogP contribution in [-0.2, 0) is 11.3 Å². The number of aromatic nitrogens is 2. The van der Waals surface area contributed by atoms with E-state index in [-0.39, 0.29) is 12.1 Å². The Bertz CT molecular complexity index is 1210. The van der Waals surface area contributed by atoms with Gasteiger partial charge in [-0.25, -0.2) is 14.7 Å². The van der Waals surface area contributed by atoms with Gasteiger partial charge in [-0.05, 0) is 50.6 Å². The number of hydrogen-bond donors (Lipinski definition) is 1. The van der Waals surface area contributed by atoms with Crippen LogP contribution in [0.3, 0.4) is 0 Å². The Labute approximate surface area is 219 Å². The minimum Gasteiger partial charge on any atom is -0.440 e.